The van der Waals surface area contributed by atoms with Crippen LogP contribution in [0.5, 0.6) is 0 Å². The molecule has 0 aliphatic heterocycles. The van der Waals surface area contributed by atoms with Gasteiger partial charge in [-0.2, -0.15) is 0 Å². The van der Waals surface area contributed by atoms with Crippen molar-refractivity contribution in [1.82, 2.24) is 14.5 Å². The number of rotatable bonds is 5. The van der Waals surface area contributed by atoms with Gasteiger partial charge in [0.2, 0.25) is 0 Å². The number of nitrogen functional groups attached to an aromatic ring is 1. The van der Waals surface area contributed by atoms with Crippen LogP contribution in [-0.2, 0) is 6.54 Å². The van der Waals surface area contributed by atoms with E-state index in [1.807, 2.05) is 6.92 Å². The van der Waals surface area contributed by atoms with Crippen LogP contribution in [0.3, 0.4) is 0 Å². The molecule has 2 aromatic heterocycles. The van der Waals surface area contributed by atoms with Crippen molar-refractivity contribution < 1.29 is 5.11 Å². The Morgan fingerprint density at radius 2 is 2.25 bits per heavy atom. The molecule has 6 nitrogen and oxygen atoms in total. The SMILES string of the molecule is Cc1ncc(Cn2c(C)c(SCCO)sc2=O)c(N)n1. The van der Waals surface area contributed by atoms with Crippen molar-refractivity contribution in [2.24, 2.45) is 0 Å². The quantitative estimate of drug-likeness (QED) is 0.801. The van der Waals surface area contributed by atoms with Crippen LogP contribution in [0.25, 0.3) is 0 Å². The highest BCUT2D eigenvalue weighted by molar-refractivity contribution is 8.01. The van der Waals surface area contributed by atoms with E-state index in [0.29, 0.717) is 23.9 Å². The lowest BCUT2D eigenvalue weighted by Gasteiger charge is -2.07. The number of aliphatic hydroxyl groups is 1. The third-order valence-electron chi connectivity index (χ3n) is 2.77. The van der Waals surface area contributed by atoms with E-state index >= 15 is 0 Å². The Bertz CT molecular complexity index is 666. The number of anilines is 1. The van der Waals surface area contributed by atoms with Crippen molar-refractivity contribution in [2.75, 3.05) is 18.1 Å². The van der Waals surface area contributed by atoms with E-state index in [1.54, 1.807) is 17.7 Å². The molecule has 0 saturated heterocycles. The number of hydrogen-bond acceptors (Lipinski definition) is 7. The molecule has 8 heteroatoms. The summed E-state index contributed by atoms with van der Waals surface area (Å²) in [5.74, 6) is 1.59. The molecule has 0 aromatic carbocycles. The number of thioether (sulfide) groups is 1. The fourth-order valence-corrected chi connectivity index (χ4v) is 3.74. The number of aryl methyl sites for hydroxylation is 1. The molecule has 0 saturated carbocycles. The highest BCUT2D eigenvalue weighted by atomic mass is 32.2. The molecule has 0 aliphatic carbocycles. The van der Waals surface area contributed by atoms with E-state index in [-0.39, 0.29) is 11.5 Å². The van der Waals surface area contributed by atoms with E-state index in [9.17, 15) is 4.79 Å². The van der Waals surface area contributed by atoms with Gasteiger partial charge in [-0.3, -0.25) is 9.36 Å². The molecule has 0 fully saturated rings. The summed E-state index contributed by atoms with van der Waals surface area (Å²) in [6.45, 7) is 4.12. The summed E-state index contributed by atoms with van der Waals surface area (Å²) in [6, 6.07) is 0. The number of hydrogen-bond donors (Lipinski definition) is 2. The molecule has 0 spiro atoms. The highest BCUT2D eigenvalue weighted by Crippen LogP contribution is 2.25. The lowest BCUT2D eigenvalue weighted by molar-refractivity contribution is 0.322. The van der Waals surface area contributed by atoms with Crippen molar-refractivity contribution in [3.63, 3.8) is 0 Å². The number of thiazole rings is 1. The minimum atomic E-state index is -0.0390. The number of nitrogens with zero attached hydrogens (tertiary/aromatic N) is 3. The smallest absolute Gasteiger partial charge is 0.308 e. The van der Waals surface area contributed by atoms with Gasteiger partial charge in [0.1, 0.15) is 11.6 Å². The standard InChI is InChI=1S/C12H16N4O2S2/c1-7-11(19-4-3-17)20-12(18)16(7)6-9-5-14-8(2)15-10(9)13/h5,17H,3-4,6H2,1-2H3,(H2,13,14,15). The van der Waals surface area contributed by atoms with Crippen molar-refractivity contribution in [2.45, 2.75) is 24.6 Å². The summed E-state index contributed by atoms with van der Waals surface area (Å²) in [5.41, 5.74) is 7.48. The first-order chi connectivity index (χ1) is 9.52. The second-order valence-corrected chi connectivity index (χ2v) is 6.55. The molecule has 108 valence electrons. The van der Waals surface area contributed by atoms with Gasteiger partial charge in [0.25, 0.3) is 0 Å². The summed E-state index contributed by atoms with van der Waals surface area (Å²) in [4.78, 5) is 20.2. The fraction of sp³-hybridized carbons (Fsp3) is 0.417. The van der Waals surface area contributed by atoms with Crippen LogP contribution in [0.2, 0.25) is 0 Å². The van der Waals surface area contributed by atoms with Gasteiger partial charge in [-0.1, -0.05) is 11.3 Å². The maximum Gasteiger partial charge on any atom is 0.308 e. The molecule has 0 unspecified atom stereocenters. The minimum Gasteiger partial charge on any atom is -0.396 e. The predicted octanol–water partition coefficient (Wildman–Crippen LogP) is 1.03. The third-order valence-corrected chi connectivity index (χ3v) is 5.20. The van der Waals surface area contributed by atoms with Crippen LogP contribution in [-0.4, -0.2) is 32.0 Å². The van der Waals surface area contributed by atoms with Gasteiger partial charge in [0, 0.05) is 23.2 Å². The van der Waals surface area contributed by atoms with Gasteiger partial charge in [-0.15, -0.1) is 11.8 Å². The molecule has 0 bridgehead atoms. The number of aromatic nitrogens is 3. The normalized spacial score (nSPS) is 10.9. The topological polar surface area (TPSA) is 94.0 Å². The molecule has 20 heavy (non-hydrogen) atoms. The maximum atomic E-state index is 12.0. The summed E-state index contributed by atoms with van der Waals surface area (Å²) in [6.07, 6.45) is 1.65. The summed E-state index contributed by atoms with van der Waals surface area (Å²) >= 11 is 2.67. The zero-order chi connectivity index (χ0) is 14.7. The van der Waals surface area contributed by atoms with Gasteiger partial charge < -0.3 is 10.8 Å². The Balaban J connectivity index is 2.29. The fourth-order valence-electron chi connectivity index (χ4n) is 1.72. The zero-order valence-corrected chi connectivity index (χ0v) is 12.9. The molecule has 0 amide bonds. The Labute approximate surface area is 124 Å². The molecular formula is C12H16N4O2S2. The van der Waals surface area contributed by atoms with Crippen LogP contribution in [0.4, 0.5) is 5.82 Å². The van der Waals surface area contributed by atoms with E-state index in [4.69, 9.17) is 10.8 Å². The second-order valence-electron chi connectivity index (χ2n) is 4.23. The van der Waals surface area contributed by atoms with E-state index in [1.165, 1.54) is 23.1 Å². The Morgan fingerprint density at radius 1 is 1.50 bits per heavy atom. The Morgan fingerprint density at radius 3 is 2.90 bits per heavy atom. The molecule has 3 N–H and O–H groups in total. The van der Waals surface area contributed by atoms with Crippen LogP contribution >= 0.6 is 23.1 Å². The lowest BCUT2D eigenvalue weighted by Crippen LogP contribution is -2.17. The van der Waals surface area contributed by atoms with Gasteiger partial charge in [0.15, 0.2) is 0 Å². The Hall–Kier alpha value is -1.38. The number of nitrogens with two attached hydrogens (primary N) is 1. The van der Waals surface area contributed by atoms with Crippen molar-refractivity contribution in [3.8, 4) is 0 Å². The van der Waals surface area contributed by atoms with Crippen LogP contribution < -0.4 is 10.6 Å². The lowest BCUT2D eigenvalue weighted by atomic mass is 10.3. The minimum absolute atomic E-state index is 0.0390. The van der Waals surface area contributed by atoms with Gasteiger partial charge in [0.05, 0.1) is 17.4 Å². The summed E-state index contributed by atoms with van der Waals surface area (Å²) in [5, 5.41) is 8.86. The first kappa shape index (κ1) is 15.0. The average molecular weight is 312 g/mol. The molecular weight excluding hydrogens is 296 g/mol. The van der Waals surface area contributed by atoms with Gasteiger partial charge in [-0.25, -0.2) is 9.97 Å². The van der Waals surface area contributed by atoms with Gasteiger partial charge >= 0.3 is 4.87 Å². The van der Waals surface area contributed by atoms with Crippen molar-refractivity contribution in [1.29, 1.82) is 0 Å². The van der Waals surface area contributed by atoms with Gasteiger partial charge in [-0.05, 0) is 13.8 Å². The van der Waals surface area contributed by atoms with Crippen molar-refractivity contribution in [3.05, 3.63) is 32.9 Å². The molecule has 0 atom stereocenters. The zero-order valence-electron chi connectivity index (χ0n) is 11.3. The van der Waals surface area contributed by atoms with Crippen LogP contribution in [0.15, 0.2) is 15.2 Å². The first-order valence-electron chi connectivity index (χ1n) is 6.04. The molecule has 0 aliphatic rings. The maximum absolute atomic E-state index is 12.0. The largest absolute Gasteiger partial charge is 0.396 e. The Kier molecular flexibility index (Phi) is 4.79. The second kappa shape index (κ2) is 6.38. The van der Waals surface area contributed by atoms with Crippen LogP contribution in [0.1, 0.15) is 17.1 Å². The third kappa shape index (κ3) is 3.20. The van der Waals surface area contributed by atoms with E-state index in [2.05, 4.69) is 9.97 Å². The van der Waals surface area contributed by atoms with Crippen LogP contribution in [0, 0.1) is 13.8 Å². The van der Waals surface area contributed by atoms with E-state index in [0.717, 1.165) is 15.5 Å². The van der Waals surface area contributed by atoms with Crippen molar-refractivity contribution >= 4 is 28.9 Å². The monoisotopic (exact) mass is 312 g/mol. The van der Waals surface area contributed by atoms with E-state index < -0.39 is 0 Å². The first-order valence-corrected chi connectivity index (χ1v) is 7.85. The highest BCUT2D eigenvalue weighted by Gasteiger charge is 2.13. The summed E-state index contributed by atoms with van der Waals surface area (Å²) in [7, 11) is 0. The summed E-state index contributed by atoms with van der Waals surface area (Å²) < 4.78 is 2.59. The molecule has 2 rings (SSSR count). The molecule has 2 aromatic rings. The predicted molar refractivity (Wildman–Crippen MR) is 81.4 cm³/mol. The molecule has 2 heterocycles. The number of aliphatic hydroxyl groups excluding tert-OH is 1. The molecule has 0 radical (unpaired) electrons. The average Bonchev–Trinajstić information content (AvgIpc) is 2.66.